The van der Waals surface area contributed by atoms with Crippen LogP contribution in [-0.4, -0.2) is 33.0 Å². The maximum absolute atomic E-state index is 12.6. The third-order valence-electron chi connectivity index (χ3n) is 5.51. The van der Waals surface area contributed by atoms with Gasteiger partial charge in [0.25, 0.3) is 0 Å². The smallest absolute Gasteiger partial charge is 0.237 e. The summed E-state index contributed by atoms with van der Waals surface area (Å²) in [6, 6.07) is 10.2. The molecule has 1 amide bonds. The molecule has 2 heterocycles. The van der Waals surface area contributed by atoms with Gasteiger partial charge >= 0.3 is 0 Å². The molecule has 1 aromatic carbocycles. The van der Waals surface area contributed by atoms with Gasteiger partial charge in [-0.1, -0.05) is 36.3 Å². The van der Waals surface area contributed by atoms with Gasteiger partial charge in [-0.2, -0.15) is 0 Å². The van der Waals surface area contributed by atoms with E-state index in [0.29, 0.717) is 12.0 Å². The number of amides is 1. The second-order valence-electron chi connectivity index (χ2n) is 7.26. The number of nitrogens with zero attached hydrogens (tertiary/aromatic N) is 3. The lowest BCUT2D eigenvalue weighted by atomic mass is 9.85. The van der Waals surface area contributed by atoms with Crippen LogP contribution in [0.1, 0.15) is 50.8 Å². The van der Waals surface area contributed by atoms with Crippen LogP contribution in [0.4, 0.5) is 0 Å². The molecule has 1 saturated heterocycles. The van der Waals surface area contributed by atoms with Gasteiger partial charge in [0.15, 0.2) is 0 Å². The van der Waals surface area contributed by atoms with Gasteiger partial charge in [0, 0.05) is 6.04 Å². The Labute approximate surface area is 160 Å². The maximum atomic E-state index is 12.6. The Morgan fingerprint density at radius 2 is 2.04 bits per heavy atom. The summed E-state index contributed by atoms with van der Waals surface area (Å²) in [6.07, 6.45) is 7.87. The first kappa shape index (κ1) is 18.9. The molecule has 2 aliphatic rings. The summed E-state index contributed by atoms with van der Waals surface area (Å²) in [6.45, 7) is 1.96. The van der Waals surface area contributed by atoms with Crippen molar-refractivity contribution in [2.75, 3.05) is 0 Å². The lowest BCUT2D eigenvalue weighted by molar-refractivity contribution is -0.123. The van der Waals surface area contributed by atoms with E-state index in [1.165, 1.54) is 25.7 Å². The largest absolute Gasteiger partial charge is 0.347 e. The number of carbonyl (C=O) groups is 1. The van der Waals surface area contributed by atoms with Crippen LogP contribution in [0.25, 0.3) is 5.69 Å². The summed E-state index contributed by atoms with van der Waals surface area (Å²) >= 11 is 0. The fourth-order valence-electron chi connectivity index (χ4n) is 4.09. The van der Waals surface area contributed by atoms with Crippen molar-refractivity contribution in [1.29, 1.82) is 0 Å². The summed E-state index contributed by atoms with van der Waals surface area (Å²) in [7, 11) is 0. The number of para-hydroxylation sites is 1. The van der Waals surface area contributed by atoms with E-state index in [1.54, 1.807) is 4.68 Å². The summed E-state index contributed by atoms with van der Waals surface area (Å²) in [4.78, 5) is 12.6. The molecule has 4 rings (SSSR count). The molecule has 7 heteroatoms. The molecule has 1 aliphatic heterocycles. The van der Waals surface area contributed by atoms with Crippen molar-refractivity contribution in [3.8, 4) is 5.69 Å². The predicted octanol–water partition coefficient (Wildman–Crippen LogP) is 2.79. The molecule has 6 nitrogen and oxygen atoms in total. The zero-order valence-corrected chi connectivity index (χ0v) is 15.8. The van der Waals surface area contributed by atoms with Crippen molar-refractivity contribution < 1.29 is 4.79 Å². The van der Waals surface area contributed by atoms with Crippen LogP contribution in [0, 0.1) is 5.92 Å². The van der Waals surface area contributed by atoms with Crippen molar-refractivity contribution >= 4 is 18.3 Å². The summed E-state index contributed by atoms with van der Waals surface area (Å²) in [5, 5.41) is 15.0. The van der Waals surface area contributed by atoms with E-state index in [1.807, 2.05) is 43.5 Å². The quantitative estimate of drug-likeness (QED) is 0.861. The molecule has 4 atom stereocenters. The molecular formula is C19H26ClN5O. The highest BCUT2D eigenvalue weighted by molar-refractivity contribution is 5.85. The molecule has 2 fully saturated rings. The minimum Gasteiger partial charge on any atom is -0.347 e. The first-order chi connectivity index (χ1) is 12.2. The van der Waals surface area contributed by atoms with E-state index in [0.717, 1.165) is 17.8 Å². The molecule has 2 N–H and O–H groups in total. The van der Waals surface area contributed by atoms with E-state index < -0.39 is 0 Å². The highest BCUT2D eigenvalue weighted by Crippen LogP contribution is 2.33. The highest BCUT2D eigenvalue weighted by atomic mass is 35.5. The van der Waals surface area contributed by atoms with Gasteiger partial charge in [-0.25, -0.2) is 4.68 Å². The number of halogens is 1. The number of fused-ring (bicyclic) bond motifs is 1. The van der Waals surface area contributed by atoms with Crippen molar-refractivity contribution in [2.45, 2.75) is 57.2 Å². The van der Waals surface area contributed by atoms with E-state index in [9.17, 15) is 4.79 Å². The molecule has 140 valence electrons. The van der Waals surface area contributed by atoms with E-state index in [-0.39, 0.29) is 30.4 Å². The Morgan fingerprint density at radius 3 is 2.81 bits per heavy atom. The summed E-state index contributed by atoms with van der Waals surface area (Å²) in [5.74, 6) is 0.745. The van der Waals surface area contributed by atoms with Crippen LogP contribution in [0.3, 0.4) is 0 Å². The number of aromatic nitrogens is 3. The van der Waals surface area contributed by atoms with Crippen LogP contribution >= 0.6 is 12.4 Å². The van der Waals surface area contributed by atoms with Crippen molar-refractivity contribution in [3.63, 3.8) is 0 Å². The Kier molecular flexibility index (Phi) is 5.94. The van der Waals surface area contributed by atoms with E-state index >= 15 is 0 Å². The fraction of sp³-hybridized carbons (Fsp3) is 0.526. The number of nitrogens with one attached hydrogen (secondary N) is 2. The molecule has 1 aliphatic carbocycles. The minimum absolute atomic E-state index is 0. The molecule has 2 aromatic rings. The molecule has 0 spiro atoms. The average Bonchev–Trinajstić information content (AvgIpc) is 3.29. The first-order valence-electron chi connectivity index (χ1n) is 9.25. The van der Waals surface area contributed by atoms with Crippen molar-refractivity contribution in [3.05, 3.63) is 42.2 Å². The third-order valence-corrected chi connectivity index (χ3v) is 5.51. The predicted molar refractivity (Wildman–Crippen MR) is 102 cm³/mol. The zero-order valence-electron chi connectivity index (χ0n) is 15.0. The third kappa shape index (κ3) is 3.91. The number of benzene rings is 1. The van der Waals surface area contributed by atoms with E-state index in [2.05, 4.69) is 20.9 Å². The molecule has 1 saturated carbocycles. The Balaban J connectivity index is 0.00000196. The molecular weight excluding hydrogens is 350 g/mol. The SMILES string of the molecule is CC(NC(=O)C1CC2CCCCC2N1)c1cn(-c2ccccc2)nn1.Cl. The zero-order chi connectivity index (χ0) is 17.2. The molecule has 0 radical (unpaired) electrons. The molecule has 26 heavy (non-hydrogen) atoms. The van der Waals surface area contributed by atoms with Crippen LogP contribution in [0.15, 0.2) is 36.5 Å². The fourth-order valence-corrected chi connectivity index (χ4v) is 4.09. The Morgan fingerprint density at radius 1 is 1.27 bits per heavy atom. The second kappa shape index (κ2) is 8.18. The van der Waals surface area contributed by atoms with Crippen molar-refractivity contribution in [2.24, 2.45) is 5.92 Å². The van der Waals surface area contributed by atoms with Crippen LogP contribution in [0.5, 0.6) is 0 Å². The monoisotopic (exact) mass is 375 g/mol. The van der Waals surface area contributed by atoms with Gasteiger partial charge < -0.3 is 10.6 Å². The van der Waals surface area contributed by atoms with Gasteiger partial charge in [0.2, 0.25) is 5.91 Å². The highest BCUT2D eigenvalue weighted by Gasteiger charge is 2.38. The van der Waals surface area contributed by atoms with Gasteiger partial charge in [-0.15, -0.1) is 17.5 Å². The number of carbonyl (C=O) groups excluding carboxylic acids is 1. The van der Waals surface area contributed by atoms with Gasteiger partial charge in [0.1, 0.15) is 5.69 Å². The Hall–Kier alpha value is -1.92. The number of hydrogen-bond acceptors (Lipinski definition) is 4. The Bertz CT molecular complexity index is 721. The van der Waals surface area contributed by atoms with Gasteiger partial charge in [0.05, 0.1) is 24.0 Å². The first-order valence-corrected chi connectivity index (χ1v) is 9.25. The van der Waals surface area contributed by atoms with Crippen LogP contribution in [0.2, 0.25) is 0 Å². The molecule has 1 aromatic heterocycles. The van der Waals surface area contributed by atoms with Crippen LogP contribution < -0.4 is 10.6 Å². The van der Waals surface area contributed by atoms with Crippen molar-refractivity contribution in [1.82, 2.24) is 25.6 Å². The topological polar surface area (TPSA) is 71.8 Å². The van der Waals surface area contributed by atoms with Gasteiger partial charge in [-0.05, 0) is 44.2 Å². The summed E-state index contributed by atoms with van der Waals surface area (Å²) < 4.78 is 1.74. The molecule has 0 bridgehead atoms. The number of hydrogen-bond donors (Lipinski definition) is 2. The number of rotatable bonds is 4. The average molecular weight is 376 g/mol. The lowest BCUT2D eigenvalue weighted by Gasteiger charge is -2.24. The van der Waals surface area contributed by atoms with Gasteiger partial charge in [-0.3, -0.25) is 4.79 Å². The minimum atomic E-state index is -0.158. The second-order valence-corrected chi connectivity index (χ2v) is 7.26. The normalized spacial score (nSPS) is 25.8. The van der Waals surface area contributed by atoms with Crippen LogP contribution in [-0.2, 0) is 4.79 Å². The van der Waals surface area contributed by atoms with E-state index in [4.69, 9.17) is 0 Å². The lowest BCUT2D eigenvalue weighted by Crippen LogP contribution is -2.43. The standard InChI is InChI=1S/C19H25N5O.ClH/c1-13(18-12-24(23-22-18)15-8-3-2-4-9-15)20-19(25)17-11-14-7-5-6-10-16(14)21-17;/h2-4,8-9,12-14,16-17,21H,5-7,10-11H2,1H3,(H,20,25);1H. The maximum Gasteiger partial charge on any atom is 0.237 e. The molecule has 4 unspecified atom stereocenters. The summed E-state index contributed by atoms with van der Waals surface area (Å²) in [5.41, 5.74) is 1.73.